The number of likely N-dealkylation sites (tertiary alicyclic amines) is 2. The number of aliphatic carboxylic acids is 1. The summed E-state index contributed by atoms with van der Waals surface area (Å²) >= 11 is 0. The molecule has 2 aromatic rings. The number of carboxylic acids is 1. The van der Waals surface area contributed by atoms with Crippen LogP contribution in [0.2, 0.25) is 0 Å². The lowest BCUT2D eigenvalue weighted by molar-refractivity contribution is -0.148. The van der Waals surface area contributed by atoms with E-state index in [0.717, 1.165) is 4.90 Å². The maximum absolute atomic E-state index is 14.3. The Bertz CT molecular complexity index is 2420. The average molecular weight is 1090 g/mol. The van der Waals surface area contributed by atoms with Crippen LogP contribution in [0.25, 0.3) is 0 Å². The molecule has 0 aromatic heterocycles. The summed E-state index contributed by atoms with van der Waals surface area (Å²) in [7, 11) is 0. The van der Waals surface area contributed by atoms with Gasteiger partial charge in [0.25, 0.3) is 0 Å². The highest BCUT2D eigenvalue weighted by molar-refractivity contribution is 5.98. The Morgan fingerprint density at radius 2 is 1.18 bits per heavy atom. The summed E-state index contributed by atoms with van der Waals surface area (Å²) in [5.74, 6) is -7.94. The molecular weight excluding hydrogens is 1010 g/mol. The number of aliphatic hydroxyl groups is 2. The molecule has 0 aliphatic carbocycles. The van der Waals surface area contributed by atoms with E-state index in [2.05, 4.69) is 41.9 Å². The molecule has 0 radical (unpaired) electrons. The molecule has 78 heavy (non-hydrogen) atoms. The molecule has 428 valence electrons. The fraction of sp³-hybridized carbons (Fsp3) is 0.549. The Morgan fingerprint density at radius 3 is 1.72 bits per heavy atom. The zero-order valence-corrected chi connectivity index (χ0v) is 44.1. The fourth-order valence-corrected chi connectivity index (χ4v) is 9.03. The van der Waals surface area contributed by atoms with Gasteiger partial charge in [-0.05, 0) is 62.0 Å². The van der Waals surface area contributed by atoms with Crippen molar-refractivity contribution in [2.75, 3.05) is 39.3 Å². The summed E-state index contributed by atoms with van der Waals surface area (Å²) in [4.78, 5) is 133. The molecule has 0 spiro atoms. The van der Waals surface area contributed by atoms with Gasteiger partial charge in [0.1, 0.15) is 42.3 Å². The first-order valence-electron chi connectivity index (χ1n) is 25.9. The SMILES string of the molecule is CC(C)C[C@H](NC(=O)[C@@H](Cc1ccccc1)NC(=O)[C@H](CO)NC(=O)[C@H](Cc1ccccc1)NC(=O)CNC(=O)[C@@H]1C[C@@H](O)CN1C(=O)[C@@H]1CCCN1C(=O)[C@H](CCCN=C(N)N)NC(=O)[C@H](N)CCCN=C(N)N)C(=O)O. The van der Waals surface area contributed by atoms with Crippen LogP contribution in [-0.4, -0.2) is 184 Å². The van der Waals surface area contributed by atoms with Crippen LogP contribution < -0.4 is 60.6 Å². The van der Waals surface area contributed by atoms with Crippen molar-refractivity contribution < 1.29 is 58.5 Å². The number of rotatable bonds is 30. The van der Waals surface area contributed by atoms with Crippen LogP contribution in [0.4, 0.5) is 0 Å². The molecule has 0 saturated carbocycles. The number of carbonyl (C=O) groups excluding carboxylic acids is 8. The average Bonchev–Trinajstić information content (AvgIpc) is 4.07. The van der Waals surface area contributed by atoms with Gasteiger partial charge in [-0.1, -0.05) is 74.5 Å². The second-order valence-corrected chi connectivity index (χ2v) is 19.7. The van der Waals surface area contributed by atoms with E-state index in [1.807, 2.05) is 0 Å². The van der Waals surface area contributed by atoms with Crippen molar-refractivity contribution in [2.24, 2.45) is 44.6 Å². The van der Waals surface area contributed by atoms with E-state index in [-0.39, 0.29) is 95.4 Å². The molecule has 9 atom stereocenters. The monoisotopic (exact) mass is 1090 g/mol. The molecule has 2 fully saturated rings. The summed E-state index contributed by atoms with van der Waals surface area (Å²) in [6.45, 7) is 2.13. The topological polar surface area (TPSA) is 448 Å². The number of hydrogen-bond acceptors (Lipinski definition) is 14. The molecule has 2 saturated heterocycles. The molecule has 0 unspecified atom stereocenters. The minimum Gasteiger partial charge on any atom is -0.480 e. The minimum atomic E-state index is -1.66. The van der Waals surface area contributed by atoms with Gasteiger partial charge in [0.2, 0.25) is 47.3 Å². The summed E-state index contributed by atoms with van der Waals surface area (Å²) in [5, 5.41) is 46.1. The van der Waals surface area contributed by atoms with Gasteiger partial charge in [0, 0.05) is 45.4 Å². The highest BCUT2D eigenvalue weighted by atomic mass is 16.4. The van der Waals surface area contributed by atoms with Gasteiger partial charge in [-0.25, -0.2) is 4.79 Å². The normalized spacial score (nSPS) is 18.2. The van der Waals surface area contributed by atoms with Crippen molar-refractivity contribution in [1.82, 2.24) is 41.7 Å². The molecule has 19 N–H and O–H groups in total. The zero-order valence-electron chi connectivity index (χ0n) is 44.1. The quantitative estimate of drug-likeness (QED) is 0.0199. The van der Waals surface area contributed by atoms with Crippen molar-refractivity contribution in [3.63, 3.8) is 0 Å². The maximum Gasteiger partial charge on any atom is 0.326 e. The van der Waals surface area contributed by atoms with Gasteiger partial charge in [0.15, 0.2) is 11.9 Å². The Kier molecular flexibility index (Phi) is 25.2. The number of guanidine groups is 2. The van der Waals surface area contributed by atoms with Gasteiger partial charge >= 0.3 is 5.97 Å². The van der Waals surface area contributed by atoms with Crippen molar-refractivity contribution in [2.45, 2.75) is 132 Å². The van der Waals surface area contributed by atoms with Gasteiger partial charge in [-0.2, -0.15) is 0 Å². The van der Waals surface area contributed by atoms with Gasteiger partial charge in [-0.3, -0.25) is 48.3 Å². The Labute approximate surface area is 452 Å². The van der Waals surface area contributed by atoms with E-state index in [1.165, 1.54) is 4.90 Å². The van der Waals surface area contributed by atoms with Crippen LogP contribution in [0.15, 0.2) is 70.6 Å². The summed E-state index contributed by atoms with van der Waals surface area (Å²) < 4.78 is 0. The van der Waals surface area contributed by atoms with Crippen LogP contribution in [0.5, 0.6) is 0 Å². The van der Waals surface area contributed by atoms with Crippen LogP contribution in [-0.2, 0) is 56.0 Å². The van der Waals surface area contributed by atoms with E-state index in [9.17, 15) is 58.5 Å². The predicted molar refractivity (Wildman–Crippen MR) is 286 cm³/mol. The van der Waals surface area contributed by atoms with E-state index < -0.39 is 121 Å². The number of aliphatic hydroxyl groups excluding tert-OH is 2. The third kappa shape index (κ3) is 20.2. The van der Waals surface area contributed by atoms with Crippen molar-refractivity contribution in [1.29, 1.82) is 0 Å². The number of nitrogens with two attached hydrogens (primary N) is 5. The standard InChI is InChI=1S/C51H77N15O12/c1-29(2)22-37(49(77)78)63-44(72)36(24-31-14-7-4-8-15-31)62-45(73)38(28-67)64-43(71)35(23-30-12-5-3-6-13-30)60-41(69)26-59-46(74)40-25-32(68)27-66(40)48(76)39-18-11-21-65(39)47(75)34(17-10-20-58-51(55)56)61-42(70)33(52)16-9-19-57-50(53)54/h3-8,12-15,29,32-40,67-68H,9-11,16-28,52H2,1-2H3,(H,59,74)(H,60,69)(H,61,70)(H,62,73)(H,63,72)(H,64,71)(H,77,78)(H4,53,54,57)(H4,55,56,58)/t32-,33-,34+,35+,36-,37+,38+,39+,40+/m1/s1. The van der Waals surface area contributed by atoms with Crippen LogP contribution in [0.3, 0.4) is 0 Å². The molecule has 27 heteroatoms. The van der Waals surface area contributed by atoms with Crippen molar-refractivity contribution in [3.8, 4) is 0 Å². The number of aliphatic imine (C=N–C) groups is 2. The highest BCUT2D eigenvalue weighted by Gasteiger charge is 2.46. The third-order valence-corrected chi connectivity index (χ3v) is 13.0. The molecule has 4 rings (SSSR count). The smallest absolute Gasteiger partial charge is 0.326 e. The first-order chi connectivity index (χ1) is 37.1. The second-order valence-electron chi connectivity index (χ2n) is 19.7. The van der Waals surface area contributed by atoms with Crippen LogP contribution in [0, 0.1) is 5.92 Å². The Hall–Kier alpha value is -7.91. The number of β-amino-alcohol motifs (C(OH)–C–C–N with tert-alkyl or cyclic N) is 1. The minimum absolute atomic E-state index is 0.0754. The lowest BCUT2D eigenvalue weighted by atomic mass is 10.0. The van der Waals surface area contributed by atoms with E-state index in [4.69, 9.17) is 28.7 Å². The maximum atomic E-state index is 14.3. The summed E-state index contributed by atoms with van der Waals surface area (Å²) in [6.07, 6.45) is 0.0545. The summed E-state index contributed by atoms with van der Waals surface area (Å²) in [6, 6.07) is 6.83. The highest BCUT2D eigenvalue weighted by Crippen LogP contribution is 2.26. The zero-order chi connectivity index (χ0) is 57.5. The van der Waals surface area contributed by atoms with Crippen molar-refractivity contribution in [3.05, 3.63) is 71.8 Å². The number of nitrogens with one attached hydrogen (secondary N) is 6. The summed E-state index contributed by atoms with van der Waals surface area (Å²) in [5.41, 5.74) is 29.0. The number of hydrogen-bond donors (Lipinski definition) is 14. The lowest BCUT2D eigenvalue weighted by Gasteiger charge is -2.33. The van der Waals surface area contributed by atoms with E-state index in [1.54, 1.807) is 74.5 Å². The van der Waals surface area contributed by atoms with E-state index >= 15 is 0 Å². The molecular formula is C51H77N15O12. The fourth-order valence-electron chi connectivity index (χ4n) is 9.03. The lowest BCUT2D eigenvalue weighted by Crippen LogP contribution is -2.60. The number of carbonyl (C=O) groups is 9. The molecule has 2 aliphatic heterocycles. The van der Waals surface area contributed by atoms with Crippen LogP contribution >= 0.6 is 0 Å². The predicted octanol–water partition coefficient (Wildman–Crippen LogP) is -4.48. The molecule has 0 bridgehead atoms. The first-order valence-corrected chi connectivity index (χ1v) is 25.9. The van der Waals surface area contributed by atoms with Gasteiger partial charge < -0.3 is 85.7 Å². The van der Waals surface area contributed by atoms with Gasteiger partial charge in [-0.15, -0.1) is 0 Å². The third-order valence-electron chi connectivity index (χ3n) is 13.0. The number of nitrogens with zero attached hydrogens (tertiary/aromatic N) is 4. The number of benzene rings is 2. The molecule has 2 aromatic carbocycles. The molecule has 2 heterocycles. The largest absolute Gasteiger partial charge is 0.480 e. The Morgan fingerprint density at radius 1 is 0.667 bits per heavy atom. The molecule has 8 amide bonds. The Balaban J connectivity index is 1.45. The van der Waals surface area contributed by atoms with Gasteiger partial charge in [0.05, 0.1) is 25.3 Å². The molecule has 27 nitrogen and oxygen atoms in total. The number of amides is 8. The molecule has 2 aliphatic rings. The second kappa shape index (κ2) is 31.3. The van der Waals surface area contributed by atoms with E-state index in [0.29, 0.717) is 24.0 Å². The number of carboxylic acid groups (broad SMARTS) is 1. The van der Waals surface area contributed by atoms with Crippen molar-refractivity contribution >= 4 is 65.1 Å². The first kappa shape index (κ1) is 62.6. The van der Waals surface area contributed by atoms with Crippen LogP contribution in [0.1, 0.15) is 76.3 Å².